The predicted molar refractivity (Wildman–Crippen MR) is 106 cm³/mol. The van der Waals surface area contributed by atoms with E-state index in [1.54, 1.807) is 30.0 Å². The van der Waals surface area contributed by atoms with Crippen LogP contribution in [0, 0.1) is 6.92 Å². The number of aryl methyl sites for hydroxylation is 1. The Morgan fingerprint density at radius 1 is 1.24 bits per heavy atom. The number of hydrogen-bond acceptors (Lipinski definition) is 5. The first-order chi connectivity index (χ1) is 13.7. The van der Waals surface area contributed by atoms with Crippen LogP contribution < -0.4 is 9.46 Å². The standard InChI is InChI=1S/C20H22N2O6S/c1-14-10-17(7-8-18(14)28-13-20(24)25)29(26,27)21-16-5-2-4-15(11-16)12-22-9-3-6-19(22)23/h2,4-5,7-8,10-11,21H,3,6,9,12-13H2,1H3,(H,24,25). The maximum atomic E-state index is 12.7. The van der Waals surface area contributed by atoms with Gasteiger partial charge in [0.2, 0.25) is 5.91 Å². The summed E-state index contributed by atoms with van der Waals surface area (Å²) in [7, 11) is -3.84. The zero-order chi connectivity index (χ0) is 21.0. The molecule has 1 heterocycles. The summed E-state index contributed by atoms with van der Waals surface area (Å²) in [6.45, 7) is 2.30. The molecule has 9 heteroatoms. The minimum absolute atomic E-state index is 0.0396. The van der Waals surface area contributed by atoms with E-state index in [0.717, 1.165) is 12.0 Å². The van der Waals surface area contributed by atoms with Crippen LogP contribution in [0.5, 0.6) is 5.75 Å². The molecule has 2 N–H and O–H groups in total. The normalized spacial score (nSPS) is 14.1. The Hall–Kier alpha value is -3.07. The molecule has 0 unspecified atom stereocenters. The van der Waals surface area contributed by atoms with E-state index in [1.807, 2.05) is 6.07 Å². The van der Waals surface area contributed by atoms with Gasteiger partial charge in [0.1, 0.15) is 5.75 Å². The monoisotopic (exact) mass is 418 g/mol. The Balaban J connectivity index is 1.73. The Morgan fingerprint density at radius 2 is 2.03 bits per heavy atom. The number of carbonyl (C=O) groups excluding carboxylic acids is 1. The van der Waals surface area contributed by atoms with Crippen molar-refractivity contribution in [2.24, 2.45) is 0 Å². The van der Waals surface area contributed by atoms with Crippen LogP contribution in [-0.4, -0.2) is 43.5 Å². The molecule has 8 nitrogen and oxygen atoms in total. The molecule has 3 rings (SSSR count). The molecule has 154 valence electrons. The largest absolute Gasteiger partial charge is 0.482 e. The van der Waals surface area contributed by atoms with Crippen LogP contribution in [0.1, 0.15) is 24.0 Å². The molecule has 2 aromatic carbocycles. The highest BCUT2D eigenvalue weighted by Crippen LogP contribution is 2.24. The van der Waals surface area contributed by atoms with Crippen LogP contribution >= 0.6 is 0 Å². The summed E-state index contributed by atoms with van der Waals surface area (Å²) in [5.41, 5.74) is 1.75. The fourth-order valence-electron chi connectivity index (χ4n) is 3.13. The van der Waals surface area contributed by atoms with Gasteiger partial charge in [0.25, 0.3) is 10.0 Å². The van der Waals surface area contributed by atoms with Crippen LogP contribution in [0.25, 0.3) is 0 Å². The van der Waals surface area contributed by atoms with Crippen molar-refractivity contribution in [2.75, 3.05) is 17.9 Å². The number of carboxylic acids is 1. The SMILES string of the molecule is Cc1cc(S(=O)(=O)Nc2cccc(CN3CCCC3=O)c2)ccc1OCC(=O)O. The van der Waals surface area contributed by atoms with Crippen LogP contribution in [-0.2, 0) is 26.2 Å². The topological polar surface area (TPSA) is 113 Å². The van der Waals surface area contributed by atoms with Crippen LogP contribution in [0.15, 0.2) is 47.4 Å². The molecule has 0 bridgehead atoms. The van der Waals surface area contributed by atoms with Gasteiger partial charge in [-0.3, -0.25) is 9.52 Å². The third-order valence-corrected chi connectivity index (χ3v) is 5.91. The van der Waals surface area contributed by atoms with Crippen LogP contribution in [0.2, 0.25) is 0 Å². The van der Waals surface area contributed by atoms with Crippen molar-refractivity contribution in [3.8, 4) is 5.75 Å². The van der Waals surface area contributed by atoms with Crippen LogP contribution in [0.4, 0.5) is 5.69 Å². The lowest BCUT2D eigenvalue weighted by Gasteiger charge is -2.16. The number of aliphatic carboxylic acids is 1. The van der Waals surface area contributed by atoms with E-state index < -0.39 is 22.6 Å². The van der Waals surface area contributed by atoms with Gasteiger partial charge in [-0.15, -0.1) is 0 Å². The van der Waals surface area contributed by atoms with E-state index in [9.17, 15) is 18.0 Å². The van der Waals surface area contributed by atoms with Gasteiger partial charge in [-0.2, -0.15) is 0 Å². The van der Waals surface area contributed by atoms with E-state index in [4.69, 9.17) is 9.84 Å². The van der Waals surface area contributed by atoms with E-state index in [0.29, 0.717) is 36.5 Å². The lowest BCUT2D eigenvalue weighted by molar-refractivity contribution is -0.139. The predicted octanol–water partition coefficient (Wildman–Crippen LogP) is 2.38. The summed E-state index contributed by atoms with van der Waals surface area (Å²) in [6.07, 6.45) is 1.40. The molecule has 0 radical (unpaired) electrons. The van der Waals surface area contributed by atoms with Gasteiger partial charge >= 0.3 is 5.97 Å². The van der Waals surface area contributed by atoms with Gasteiger partial charge in [0.15, 0.2) is 6.61 Å². The number of carboxylic acid groups (broad SMARTS) is 1. The number of rotatable bonds is 8. The second-order valence-corrected chi connectivity index (χ2v) is 8.52. The van der Waals surface area contributed by atoms with Crippen molar-refractivity contribution in [3.63, 3.8) is 0 Å². The maximum Gasteiger partial charge on any atom is 0.341 e. The fourth-order valence-corrected chi connectivity index (χ4v) is 4.26. The molecular formula is C20H22N2O6S. The zero-order valence-corrected chi connectivity index (χ0v) is 16.7. The number of nitrogens with zero attached hydrogens (tertiary/aromatic N) is 1. The first-order valence-corrected chi connectivity index (χ1v) is 10.6. The first-order valence-electron chi connectivity index (χ1n) is 9.09. The average Bonchev–Trinajstić information content (AvgIpc) is 3.05. The maximum absolute atomic E-state index is 12.7. The second-order valence-electron chi connectivity index (χ2n) is 6.83. The molecule has 1 fully saturated rings. The molecule has 1 amide bonds. The quantitative estimate of drug-likeness (QED) is 0.681. The van der Waals surface area contributed by atoms with Crippen LogP contribution in [0.3, 0.4) is 0 Å². The smallest absolute Gasteiger partial charge is 0.341 e. The third kappa shape index (κ3) is 5.26. The number of amides is 1. The summed E-state index contributed by atoms with van der Waals surface area (Å²) in [6, 6.07) is 11.2. The summed E-state index contributed by atoms with van der Waals surface area (Å²) < 4.78 is 33.1. The number of carbonyl (C=O) groups is 2. The number of ether oxygens (including phenoxy) is 1. The fraction of sp³-hybridized carbons (Fsp3) is 0.300. The highest BCUT2D eigenvalue weighted by Gasteiger charge is 2.21. The van der Waals surface area contributed by atoms with Crippen molar-refractivity contribution < 1.29 is 27.9 Å². The number of hydrogen-bond donors (Lipinski definition) is 2. The minimum atomic E-state index is -3.84. The zero-order valence-electron chi connectivity index (χ0n) is 15.9. The van der Waals surface area contributed by atoms with E-state index in [1.165, 1.54) is 18.2 Å². The number of nitrogens with one attached hydrogen (secondary N) is 1. The minimum Gasteiger partial charge on any atom is -0.482 e. The lowest BCUT2D eigenvalue weighted by atomic mass is 10.2. The Bertz CT molecular complexity index is 1040. The van der Waals surface area contributed by atoms with Crippen molar-refractivity contribution >= 4 is 27.6 Å². The van der Waals surface area contributed by atoms with Gasteiger partial charge < -0.3 is 14.7 Å². The molecule has 1 aliphatic heterocycles. The van der Waals surface area contributed by atoms with Crippen molar-refractivity contribution in [2.45, 2.75) is 31.2 Å². The van der Waals surface area contributed by atoms with Crippen molar-refractivity contribution in [1.82, 2.24) is 4.90 Å². The molecule has 1 aliphatic rings. The van der Waals surface area contributed by atoms with Crippen molar-refractivity contribution in [1.29, 1.82) is 0 Å². The van der Waals surface area contributed by atoms with Gasteiger partial charge in [0, 0.05) is 25.2 Å². The van der Waals surface area contributed by atoms with E-state index in [2.05, 4.69) is 4.72 Å². The highest BCUT2D eigenvalue weighted by atomic mass is 32.2. The number of likely N-dealkylation sites (tertiary alicyclic amines) is 1. The van der Waals surface area contributed by atoms with E-state index in [-0.39, 0.29) is 10.8 Å². The Labute approximate surface area is 169 Å². The molecule has 29 heavy (non-hydrogen) atoms. The molecule has 0 aliphatic carbocycles. The van der Waals surface area contributed by atoms with Crippen molar-refractivity contribution in [3.05, 3.63) is 53.6 Å². The second kappa shape index (κ2) is 8.52. The summed E-state index contributed by atoms with van der Waals surface area (Å²) in [5.74, 6) is -0.696. The molecule has 0 saturated carbocycles. The molecule has 2 aromatic rings. The average molecular weight is 418 g/mol. The molecule has 1 saturated heterocycles. The number of sulfonamides is 1. The lowest BCUT2D eigenvalue weighted by Crippen LogP contribution is -2.23. The molecule has 0 atom stereocenters. The summed E-state index contributed by atoms with van der Waals surface area (Å²) in [5, 5.41) is 8.69. The molecular weight excluding hydrogens is 396 g/mol. The number of benzene rings is 2. The van der Waals surface area contributed by atoms with Gasteiger partial charge in [-0.25, -0.2) is 13.2 Å². The Kier molecular flexibility index (Phi) is 6.07. The molecule has 0 aromatic heterocycles. The summed E-state index contributed by atoms with van der Waals surface area (Å²) in [4.78, 5) is 24.2. The van der Waals surface area contributed by atoms with Gasteiger partial charge in [0.05, 0.1) is 4.90 Å². The first kappa shape index (κ1) is 20.7. The van der Waals surface area contributed by atoms with Gasteiger partial charge in [-0.1, -0.05) is 12.1 Å². The molecule has 0 spiro atoms. The summed E-state index contributed by atoms with van der Waals surface area (Å²) >= 11 is 0. The van der Waals surface area contributed by atoms with Gasteiger partial charge in [-0.05, 0) is 54.8 Å². The number of anilines is 1. The Morgan fingerprint density at radius 3 is 2.69 bits per heavy atom. The third-order valence-electron chi connectivity index (χ3n) is 4.53. The van der Waals surface area contributed by atoms with E-state index >= 15 is 0 Å². The highest BCUT2D eigenvalue weighted by molar-refractivity contribution is 7.92.